The lowest BCUT2D eigenvalue weighted by atomic mass is 10.1. The van der Waals surface area contributed by atoms with Crippen LogP contribution in [0.4, 0.5) is 5.69 Å². The van der Waals surface area contributed by atoms with Crippen molar-refractivity contribution in [3.8, 4) is 5.75 Å². The van der Waals surface area contributed by atoms with Crippen LogP contribution in [0, 0.1) is 0 Å². The summed E-state index contributed by atoms with van der Waals surface area (Å²) < 4.78 is 6.27. The Morgan fingerprint density at radius 3 is 2.76 bits per heavy atom. The van der Waals surface area contributed by atoms with E-state index in [1.54, 1.807) is 36.4 Å². The van der Waals surface area contributed by atoms with Gasteiger partial charge in [0.15, 0.2) is 0 Å². The Hall–Kier alpha value is -3.69. The van der Waals surface area contributed by atoms with Gasteiger partial charge in [0, 0.05) is 6.54 Å². The number of carbonyl (C=O) groups is 3. The molecule has 0 saturated heterocycles. The number of nitrogens with one attached hydrogen (secondary N) is 2. The molecule has 0 aliphatic carbocycles. The summed E-state index contributed by atoms with van der Waals surface area (Å²) >= 11 is 7.05. The second-order valence-electron chi connectivity index (χ2n) is 7.67. The van der Waals surface area contributed by atoms with Gasteiger partial charge in [0.2, 0.25) is 0 Å². The third kappa shape index (κ3) is 4.40. The van der Waals surface area contributed by atoms with Crippen molar-refractivity contribution in [3.63, 3.8) is 0 Å². The zero-order chi connectivity index (χ0) is 23.7. The van der Waals surface area contributed by atoms with Crippen LogP contribution in [0.2, 0.25) is 4.34 Å². The van der Waals surface area contributed by atoms with Crippen molar-refractivity contribution in [2.45, 2.75) is 6.54 Å². The van der Waals surface area contributed by atoms with Gasteiger partial charge in [-0.25, -0.2) is 0 Å². The molecule has 0 saturated carbocycles. The van der Waals surface area contributed by atoms with E-state index >= 15 is 0 Å². The van der Waals surface area contributed by atoms with E-state index < -0.39 is 17.7 Å². The lowest BCUT2D eigenvalue weighted by molar-refractivity contribution is 0.0642. The number of carbonyl (C=O) groups excluding carboxylic acids is 3. The number of rotatable bonds is 7. The van der Waals surface area contributed by atoms with Crippen molar-refractivity contribution in [1.82, 2.24) is 10.2 Å². The first-order valence-electron chi connectivity index (χ1n) is 10.5. The van der Waals surface area contributed by atoms with Crippen LogP contribution in [-0.2, 0) is 6.54 Å². The molecule has 0 atom stereocenters. The van der Waals surface area contributed by atoms with Gasteiger partial charge in [0.25, 0.3) is 17.7 Å². The van der Waals surface area contributed by atoms with E-state index in [9.17, 15) is 14.4 Å². The molecule has 3 heterocycles. The Bertz CT molecular complexity index is 1340. The highest BCUT2D eigenvalue weighted by Crippen LogP contribution is 2.32. The minimum Gasteiger partial charge on any atom is -0.486 e. The third-order valence-electron chi connectivity index (χ3n) is 5.40. The molecule has 34 heavy (non-hydrogen) atoms. The molecule has 1 aromatic heterocycles. The lowest BCUT2D eigenvalue weighted by Gasteiger charge is -2.15. The molecule has 3 amide bonds. The molecule has 0 unspecified atom stereocenters. The molecule has 10 heteroatoms. The summed E-state index contributed by atoms with van der Waals surface area (Å²) in [5.74, 6) is 0.149. The van der Waals surface area contributed by atoms with E-state index in [4.69, 9.17) is 16.3 Å². The lowest BCUT2D eigenvalue weighted by Crippen LogP contribution is -2.29. The predicted molar refractivity (Wildman–Crippen MR) is 130 cm³/mol. The van der Waals surface area contributed by atoms with Gasteiger partial charge in [0.1, 0.15) is 18.2 Å². The highest BCUT2D eigenvalue weighted by Gasteiger charge is 2.37. The first-order chi connectivity index (χ1) is 16.5. The number of amidine groups is 1. The fraction of sp³-hybridized carbons (Fsp3) is 0.167. The Balaban J connectivity index is 1.32. The fourth-order valence-corrected chi connectivity index (χ4v) is 4.75. The molecule has 3 aromatic rings. The number of nitrogens with zero attached hydrogens (tertiary/aromatic N) is 2. The Morgan fingerprint density at radius 2 is 2.00 bits per heavy atom. The molecule has 0 radical (unpaired) electrons. The maximum atomic E-state index is 13.2. The molecule has 0 spiro atoms. The van der Waals surface area contributed by atoms with E-state index in [1.165, 1.54) is 4.90 Å². The van der Waals surface area contributed by atoms with Crippen LogP contribution >= 0.6 is 22.9 Å². The van der Waals surface area contributed by atoms with Gasteiger partial charge in [-0.1, -0.05) is 29.8 Å². The summed E-state index contributed by atoms with van der Waals surface area (Å²) in [5.41, 5.74) is 1.47. The average Bonchev–Trinajstić information content (AvgIpc) is 3.56. The Kier molecular flexibility index (Phi) is 6.04. The van der Waals surface area contributed by atoms with E-state index in [1.807, 2.05) is 18.2 Å². The van der Waals surface area contributed by atoms with Gasteiger partial charge < -0.3 is 15.4 Å². The topological polar surface area (TPSA) is 100 Å². The minimum atomic E-state index is -0.462. The maximum absolute atomic E-state index is 13.2. The average molecular weight is 495 g/mol. The second kappa shape index (κ2) is 9.28. The van der Waals surface area contributed by atoms with Gasteiger partial charge >= 0.3 is 0 Å². The molecule has 172 valence electrons. The number of fused-ring (bicyclic) bond motifs is 1. The third-order valence-corrected chi connectivity index (χ3v) is 6.63. The monoisotopic (exact) mass is 494 g/mol. The zero-order valence-corrected chi connectivity index (χ0v) is 19.4. The van der Waals surface area contributed by atoms with Crippen LogP contribution in [0.15, 0.2) is 59.6 Å². The van der Waals surface area contributed by atoms with Crippen LogP contribution in [0.1, 0.15) is 36.0 Å². The van der Waals surface area contributed by atoms with Crippen molar-refractivity contribution in [2.24, 2.45) is 4.99 Å². The van der Waals surface area contributed by atoms with Crippen molar-refractivity contribution in [2.75, 3.05) is 25.0 Å². The molecule has 0 bridgehead atoms. The number of halogens is 1. The van der Waals surface area contributed by atoms with Crippen molar-refractivity contribution >= 4 is 52.2 Å². The van der Waals surface area contributed by atoms with E-state index in [-0.39, 0.29) is 23.4 Å². The molecular weight excluding hydrogens is 476 g/mol. The minimum absolute atomic E-state index is 0.0800. The highest BCUT2D eigenvalue weighted by atomic mass is 35.5. The normalized spacial score (nSPS) is 14.6. The molecule has 5 rings (SSSR count). The summed E-state index contributed by atoms with van der Waals surface area (Å²) in [7, 11) is 0. The number of imide groups is 1. The van der Waals surface area contributed by atoms with Crippen LogP contribution in [0.25, 0.3) is 0 Å². The molecule has 2 aliphatic rings. The molecule has 2 aromatic carbocycles. The number of thiophene rings is 1. The van der Waals surface area contributed by atoms with E-state index in [0.29, 0.717) is 21.6 Å². The van der Waals surface area contributed by atoms with Crippen LogP contribution in [0.5, 0.6) is 5.75 Å². The number of hydrogen-bond donors (Lipinski definition) is 2. The largest absolute Gasteiger partial charge is 0.486 e. The quantitative estimate of drug-likeness (QED) is 0.486. The summed E-state index contributed by atoms with van der Waals surface area (Å²) in [6.07, 6.45) is 0. The molecule has 2 aliphatic heterocycles. The fourth-order valence-electron chi connectivity index (χ4n) is 3.81. The molecular formula is C24H19ClN4O4S. The van der Waals surface area contributed by atoms with Crippen LogP contribution in [-0.4, -0.2) is 48.2 Å². The van der Waals surface area contributed by atoms with Gasteiger partial charge in [-0.05, 0) is 42.0 Å². The summed E-state index contributed by atoms with van der Waals surface area (Å²) in [5, 5.41) is 5.88. The SMILES string of the molecule is O=C(Nc1cccc2c1C(=O)N(Cc1cccc(OCC3=NCCN3)c1)C2=O)c1ccc(Cl)s1. The van der Waals surface area contributed by atoms with E-state index in [2.05, 4.69) is 15.6 Å². The van der Waals surface area contributed by atoms with Gasteiger partial charge in [-0.2, -0.15) is 0 Å². The zero-order valence-electron chi connectivity index (χ0n) is 17.8. The summed E-state index contributed by atoms with van der Waals surface area (Å²) in [4.78, 5) is 44.7. The first-order valence-corrected chi connectivity index (χ1v) is 11.7. The van der Waals surface area contributed by atoms with Crippen molar-refractivity contribution in [1.29, 1.82) is 0 Å². The van der Waals surface area contributed by atoms with Gasteiger partial charge in [0.05, 0.1) is 39.1 Å². The predicted octanol–water partition coefficient (Wildman–Crippen LogP) is 3.83. The Morgan fingerprint density at radius 1 is 1.15 bits per heavy atom. The molecule has 8 nitrogen and oxygen atoms in total. The standard InChI is InChI=1S/C24H19ClN4O4S/c25-19-8-7-18(34-19)22(30)28-17-6-2-5-16-21(17)24(32)29(23(16)31)12-14-3-1-4-15(11-14)33-13-20-26-9-10-27-20/h1-8,11H,9-10,12-13H2,(H,26,27)(H,28,30). The number of benzene rings is 2. The highest BCUT2D eigenvalue weighted by molar-refractivity contribution is 7.18. The second-order valence-corrected chi connectivity index (χ2v) is 9.39. The number of ether oxygens (including phenoxy) is 1. The number of amides is 3. The van der Waals surface area contributed by atoms with Crippen LogP contribution in [0.3, 0.4) is 0 Å². The summed E-state index contributed by atoms with van der Waals surface area (Å²) in [6.45, 7) is 1.95. The van der Waals surface area contributed by atoms with Crippen LogP contribution < -0.4 is 15.4 Å². The van der Waals surface area contributed by atoms with Crippen molar-refractivity contribution < 1.29 is 19.1 Å². The molecule has 2 N–H and O–H groups in total. The number of aliphatic imine (C=N–C) groups is 1. The molecule has 0 fully saturated rings. The Labute approximate surface area is 204 Å². The van der Waals surface area contributed by atoms with Gasteiger partial charge in [-0.15, -0.1) is 11.3 Å². The van der Waals surface area contributed by atoms with Gasteiger partial charge in [-0.3, -0.25) is 24.3 Å². The van der Waals surface area contributed by atoms with Crippen molar-refractivity contribution in [3.05, 3.63) is 80.5 Å². The maximum Gasteiger partial charge on any atom is 0.265 e. The smallest absolute Gasteiger partial charge is 0.265 e. The summed E-state index contributed by atoms with van der Waals surface area (Å²) in [6, 6.07) is 15.3. The number of anilines is 1. The van der Waals surface area contributed by atoms with E-state index in [0.717, 1.165) is 35.8 Å². The first kappa shape index (κ1) is 22.1. The number of hydrogen-bond acceptors (Lipinski definition) is 7.